The number of piperidine rings is 1. The van der Waals surface area contributed by atoms with Gasteiger partial charge in [0.2, 0.25) is 0 Å². The van der Waals surface area contributed by atoms with E-state index in [1.807, 2.05) is 13.8 Å². The Hall–Kier alpha value is -0.0400. The van der Waals surface area contributed by atoms with Gasteiger partial charge < -0.3 is 4.90 Å². The summed E-state index contributed by atoms with van der Waals surface area (Å²) < 4.78 is 0. The standard InChI is InChI=1S/C11H23N.C2H6/c1-5-11-6-7-12(9(2)3)8-10(11)4;1-2/h9-11H,5-8H2,1-4H3;1-2H3. The SMILES string of the molecule is CC.CCC1CCN(C(C)C)CC1C. The summed E-state index contributed by atoms with van der Waals surface area (Å²) in [5.74, 6) is 1.89. The fourth-order valence-corrected chi connectivity index (χ4v) is 2.30. The van der Waals surface area contributed by atoms with E-state index in [4.69, 9.17) is 0 Å². The van der Waals surface area contributed by atoms with Crippen molar-refractivity contribution in [2.24, 2.45) is 11.8 Å². The van der Waals surface area contributed by atoms with E-state index in [9.17, 15) is 0 Å². The van der Waals surface area contributed by atoms with E-state index in [1.54, 1.807) is 0 Å². The third kappa shape index (κ3) is 4.00. The average Bonchev–Trinajstić information content (AvgIpc) is 2.20. The van der Waals surface area contributed by atoms with Crippen molar-refractivity contribution < 1.29 is 0 Å². The summed E-state index contributed by atoms with van der Waals surface area (Å²) in [5, 5.41) is 0. The molecule has 0 aromatic carbocycles. The molecule has 1 nitrogen and oxygen atoms in total. The molecule has 1 heteroatoms. The Morgan fingerprint density at radius 2 is 1.86 bits per heavy atom. The van der Waals surface area contributed by atoms with E-state index < -0.39 is 0 Å². The Balaban J connectivity index is 0.000000791. The maximum Gasteiger partial charge on any atom is 0.00387 e. The highest BCUT2D eigenvalue weighted by Crippen LogP contribution is 2.26. The molecule has 0 saturated carbocycles. The first-order valence-corrected chi connectivity index (χ1v) is 6.39. The molecule has 0 amide bonds. The van der Waals surface area contributed by atoms with E-state index in [1.165, 1.54) is 25.9 Å². The maximum atomic E-state index is 2.61. The Kier molecular flexibility index (Phi) is 7.26. The summed E-state index contributed by atoms with van der Waals surface area (Å²) in [7, 11) is 0. The lowest BCUT2D eigenvalue weighted by Crippen LogP contribution is -2.42. The van der Waals surface area contributed by atoms with E-state index in [0.717, 1.165) is 17.9 Å². The van der Waals surface area contributed by atoms with Crippen LogP contribution in [0.3, 0.4) is 0 Å². The van der Waals surface area contributed by atoms with E-state index in [0.29, 0.717) is 0 Å². The van der Waals surface area contributed by atoms with Crippen molar-refractivity contribution in [2.45, 2.75) is 60.4 Å². The van der Waals surface area contributed by atoms with Crippen LogP contribution in [0.15, 0.2) is 0 Å². The molecule has 2 atom stereocenters. The van der Waals surface area contributed by atoms with Crippen molar-refractivity contribution in [3.05, 3.63) is 0 Å². The summed E-state index contributed by atoms with van der Waals surface area (Å²) >= 11 is 0. The second kappa shape index (κ2) is 7.28. The molecule has 0 N–H and O–H groups in total. The van der Waals surface area contributed by atoms with Gasteiger partial charge in [0.15, 0.2) is 0 Å². The predicted octanol–water partition coefficient (Wildman–Crippen LogP) is 3.79. The van der Waals surface area contributed by atoms with E-state index >= 15 is 0 Å². The van der Waals surface area contributed by atoms with Gasteiger partial charge in [0.05, 0.1) is 0 Å². The highest BCUT2D eigenvalue weighted by atomic mass is 15.2. The van der Waals surface area contributed by atoms with Gasteiger partial charge in [-0.15, -0.1) is 0 Å². The quantitative estimate of drug-likeness (QED) is 0.654. The molecule has 1 aliphatic heterocycles. The van der Waals surface area contributed by atoms with Crippen LogP contribution in [0.2, 0.25) is 0 Å². The second-order valence-corrected chi connectivity index (χ2v) is 4.52. The minimum absolute atomic E-state index is 0.741. The molecule has 86 valence electrons. The lowest BCUT2D eigenvalue weighted by molar-refractivity contribution is 0.100. The van der Waals surface area contributed by atoms with Gasteiger partial charge in [-0.05, 0) is 38.6 Å². The Morgan fingerprint density at radius 1 is 1.29 bits per heavy atom. The van der Waals surface area contributed by atoms with Gasteiger partial charge in [0.1, 0.15) is 0 Å². The molecule has 14 heavy (non-hydrogen) atoms. The van der Waals surface area contributed by atoms with Crippen molar-refractivity contribution in [3.63, 3.8) is 0 Å². The van der Waals surface area contributed by atoms with Gasteiger partial charge in [-0.25, -0.2) is 0 Å². The van der Waals surface area contributed by atoms with Crippen molar-refractivity contribution in [3.8, 4) is 0 Å². The summed E-state index contributed by atoms with van der Waals surface area (Å²) in [6, 6.07) is 0.741. The van der Waals surface area contributed by atoms with Gasteiger partial charge in [-0.3, -0.25) is 0 Å². The Labute approximate surface area is 90.9 Å². The molecule has 1 heterocycles. The van der Waals surface area contributed by atoms with Gasteiger partial charge in [-0.2, -0.15) is 0 Å². The number of rotatable bonds is 2. The van der Waals surface area contributed by atoms with Crippen LogP contribution in [-0.2, 0) is 0 Å². The lowest BCUT2D eigenvalue weighted by atomic mass is 9.84. The lowest BCUT2D eigenvalue weighted by Gasteiger charge is -2.38. The zero-order valence-electron chi connectivity index (χ0n) is 11.0. The second-order valence-electron chi connectivity index (χ2n) is 4.52. The minimum Gasteiger partial charge on any atom is -0.301 e. The molecule has 1 saturated heterocycles. The number of likely N-dealkylation sites (tertiary alicyclic amines) is 1. The van der Waals surface area contributed by atoms with Crippen molar-refractivity contribution in [1.29, 1.82) is 0 Å². The fourth-order valence-electron chi connectivity index (χ4n) is 2.30. The van der Waals surface area contributed by atoms with Crippen molar-refractivity contribution in [1.82, 2.24) is 4.90 Å². The molecular formula is C13H29N. The van der Waals surface area contributed by atoms with Crippen LogP contribution in [0.5, 0.6) is 0 Å². The van der Waals surface area contributed by atoms with Crippen LogP contribution >= 0.6 is 0 Å². The van der Waals surface area contributed by atoms with Crippen LogP contribution in [-0.4, -0.2) is 24.0 Å². The number of nitrogens with zero attached hydrogens (tertiary/aromatic N) is 1. The summed E-state index contributed by atoms with van der Waals surface area (Å²) in [6.07, 6.45) is 2.78. The fraction of sp³-hybridized carbons (Fsp3) is 1.00. The molecule has 0 aliphatic carbocycles. The monoisotopic (exact) mass is 199 g/mol. The largest absolute Gasteiger partial charge is 0.301 e. The first kappa shape index (κ1) is 14.0. The van der Waals surface area contributed by atoms with Gasteiger partial charge in [-0.1, -0.05) is 34.1 Å². The normalized spacial score (nSPS) is 28.5. The molecule has 0 spiro atoms. The van der Waals surface area contributed by atoms with Crippen LogP contribution in [0.1, 0.15) is 54.4 Å². The van der Waals surface area contributed by atoms with Crippen LogP contribution in [0, 0.1) is 11.8 Å². The molecule has 2 unspecified atom stereocenters. The van der Waals surface area contributed by atoms with E-state index in [2.05, 4.69) is 32.6 Å². The zero-order chi connectivity index (χ0) is 11.1. The van der Waals surface area contributed by atoms with Gasteiger partial charge in [0, 0.05) is 12.6 Å². The zero-order valence-corrected chi connectivity index (χ0v) is 11.0. The van der Waals surface area contributed by atoms with E-state index in [-0.39, 0.29) is 0 Å². The molecule has 0 aromatic heterocycles. The van der Waals surface area contributed by atoms with Crippen LogP contribution in [0.25, 0.3) is 0 Å². The van der Waals surface area contributed by atoms with Gasteiger partial charge >= 0.3 is 0 Å². The Morgan fingerprint density at radius 3 is 2.21 bits per heavy atom. The molecule has 1 rings (SSSR count). The minimum atomic E-state index is 0.741. The molecule has 0 radical (unpaired) electrons. The molecule has 1 fully saturated rings. The molecule has 0 bridgehead atoms. The maximum absolute atomic E-state index is 2.61. The summed E-state index contributed by atoms with van der Waals surface area (Å²) in [4.78, 5) is 2.61. The smallest absolute Gasteiger partial charge is 0.00387 e. The Bertz CT molecular complexity index is 131. The summed E-state index contributed by atoms with van der Waals surface area (Å²) in [6.45, 7) is 16.0. The topological polar surface area (TPSA) is 3.24 Å². The highest BCUT2D eigenvalue weighted by molar-refractivity contribution is 4.78. The molecular weight excluding hydrogens is 170 g/mol. The molecule has 0 aromatic rings. The number of hydrogen-bond donors (Lipinski definition) is 0. The first-order chi connectivity index (χ1) is 6.65. The first-order valence-electron chi connectivity index (χ1n) is 6.39. The average molecular weight is 199 g/mol. The highest BCUT2D eigenvalue weighted by Gasteiger charge is 2.25. The van der Waals surface area contributed by atoms with Crippen molar-refractivity contribution >= 4 is 0 Å². The third-order valence-corrected chi connectivity index (χ3v) is 3.37. The van der Waals surface area contributed by atoms with Crippen molar-refractivity contribution in [2.75, 3.05) is 13.1 Å². The molecule has 1 aliphatic rings. The van der Waals surface area contributed by atoms with Gasteiger partial charge in [0.25, 0.3) is 0 Å². The van der Waals surface area contributed by atoms with Crippen LogP contribution < -0.4 is 0 Å². The van der Waals surface area contributed by atoms with Crippen LogP contribution in [0.4, 0.5) is 0 Å². The predicted molar refractivity (Wildman–Crippen MR) is 65.6 cm³/mol. The number of hydrogen-bond acceptors (Lipinski definition) is 1. The third-order valence-electron chi connectivity index (χ3n) is 3.37. The summed E-state index contributed by atoms with van der Waals surface area (Å²) in [5.41, 5.74) is 0.